The van der Waals surface area contributed by atoms with Crippen molar-refractivity contribution in [1.29, 1.82) is 0 Å². The van der Waals surface area contributed by atoms with Crippen molar-refractivity contribution in [2.45, 2.75) is 37.8 Å². The van der Waals surface area contributed by atoms with Gasteiger partial charge in [-0.3, -0.25) is 13.9 Å². The number of hydrogen-bond acceptors (Lipinski definition) is 4. The van der Waals surface area contributed by atoms with Gasteiger partial charge in [0.25, 0.3) is 10.0 Å². The molecule has 0 bridgehead atoms. The fourth-order valence-corrected chi connectivity index (χ4v) is 6.06. The van der Waals surface area contributed by atoms with E-state index in [2.05, 4.69) is 5.32 Å². The first kappa shape index (κ1) is 32.3. The predicted molar refractivity (Wildman–Crippen MR) is 166 cm³/mol. The number of nitrogens with zero attached hydrogens (tertiary/aromatic N) is 2. The summed E-state index contributed by atoms with van der Waals surface area (Å²) in [5.74, 6) is -2.21. The van der Waals surface area contributed by atoms with Gasteiger partial charge in [-0.25, -0.2) is 17.2 Å². The molecule has 0 aliphatic heterocycles. The summed E-state index contributed by atoms with van der Waals surface area (Å²) in [4.78, 5) is 29.0. The van der Waals surface area contributed by atoms with Crippen LogP contribution in [0.2, 0.25) is 0 Å². The minimum absolute atomic E-state index is 0.112. The third-order valence-electron chi connectivity index (χ3n) is 6.98. The molecule has 1 N–H and O–H groups in total. The summed E-state index contributed by atoms with van der Waals surface area (Å²) in [6.45, 7) is 3.25. The Labute approximate surface area is 257 Å². The highest BCUT2D eigenvalue weighted by molar-refractivity contribution is 7.92. The Morgan fingerprint density at radius 2 is 1.39 bits per heavy atom. The lowest BCUT2D eigenvalue weighted by Crippen LogP contribution is -2.53. The maximum Gasteiger partial charge on any atom is 0.264 e. The van der Waals surface area contributed by atoms with E-state index in [1.165, 1.54) is 35.2 Å². The van der Waals surface area contributed by atoms with Crippen molar-refractivity contribution in [1.82, 2.24) is 10.2 Å². The van der Waals surface area contributed by atoms with Crippen LogP contribution in [0, 0.1) is 17.6 Å². The molecule has 4 aromatic rings. The summed E-state index contributed by atoms with van der Waals surface area (Å²) in [5.41, 5.74) is 1.13. The van der Waals surface area contributed by atoms with Crippen LogP contribution >= 0.6 is 0 Å². The van der Waals surface area contributed by atoms with E-state index in [-0.39, 0.29) is 35.0 Å². The van der Waals surface area contributed by atoms with Crippen LogP contribution in [0.25, 0.3) is 0 Å². The first-order valence-corrected chi connectivity index (χ1v) is 15.7. The highest BCUT2D eigenvalue weighted by Gasteiger charge is 2.35. The number of amides is 2. The number of para-hydroxylation sites is 1. The molecule has 0 unspecified atom stereocenters. The van der Waals surface area contributed by atoms with Crippen LogP contribution in [0.15, 0.2) is 114 Å². The molecule has 0 saturated carbocycles. The maximum atomic E-state index is 15.0. The second kappa shape index (κ2) is 14.7. The van der Waals surface area contributed by atoms with Crippen LogP contribution in [0.5, 0.6) is 0 Å². The van der Waals surface area contributed by atoms with Gasteiger partial charge in [-0.15, -0.1) is 0 Å². The Balaban J connectivity index is 1.79. The summed E-state index contributed by atoms with van der Waals surface area (Å²) in [6, 6.07) is 26.3. The molecule has 0 aliphatic rings. The quantitative estimate of drug-likeness (QED) is 0.212. The topological polar surface area (TPSA) is 86.8 Å². The first-order valence-electron chi connectivity index (χ1n) is 14.2. The minimum atomic E-state index is -4.36. The molecular formula is C34H35F2N3O4S. The van der Waals surface area contributed by atoms with Crippen LogP contribution < -0.4 is 9.62 Å². The van der Waals surface area contributed by atoms with Gasteiger partial charge in [0.2, 0.25) is 11.8 Å². The molecule has 4 aromatic carbocycles. The van der Waals surface area contributed by atoms with Gasteiger partial charge < -0.3 is 10.2 Å². The zero-order chi connectivity index (χ0) is 31.7. The molecule has 0 fully saturated rings. The van der Waals surface area contributed by atoms with Crippen molar-refractivity contribution in [3.63, 3.8) is 0 Å². The van der Waals surface area contributed by atoms with E-state index in [1.807, 2.05) is 44.2 Å². The van der Waals surface area contributed by atoms with E-state index in [0.29, 0.717) is 6.54 Å². The van der Waals surface area contributed by atoms with Gasteiger partial charge >= 0.3 is 0 Å². The van der Waals surface area contributed by atoms with Crippen molar-refractivity contribution >= 4 is 27.5 Å². The molecule has 1 atom stereocenters. The molecule has 0 heterocycles. The van der Waals surface area contributed by atoms with Crippen LogP contribution in [-0.2, 0) is 32.6 Å². The van der Waals surface area contributed by atoms with Crippen molar-refractivity contribution in [3.05, 3.63) is 132 Å². The summed E-state index contributed by atoms with van der Waals surface area (Å²) in [7, 11) is -4.36. The lowest BCUT2D eigenvalue weighted by molar-refractivity contribution is -0.140. The number of nitrogens with one attached hydrogen (secondary N) is 1. The monoisotopic (exact) mass is 619 g/mol. The number of rotatable bonds is 13. The van der Waals surface area contributed by atoms with Crippen LogP contribution in [-0.4, -0.2) is 44.3 Å². The number of carbonyl (C=O) groups excluding carboxylic acids is 2. The number of benzene rings is 4. The molecule has 0 spiro atoms. The minimum Gasteiger partial charge on any atom is -0.354 e. The Kier molecular flexibility index (Phi) is 10.8. The molecule has 0 aliphatic carbocycles. The van der Waals surface area contributed by atoms with E-state index < -0.39 is 46.1 Å². The van der Waals surface area contributed by atoms with E-state index in [4.69, 9.17) is 0 Å². The van der Waals surface area contributed by atoms with Crippen LogP contribution in [0.1, 0.15) is 25.0 Å². The summed E-state index contributed by atoms with van der Waals surface area (Å²) in [6.07, 6.45) is 0.112. The largest absolute Gasteiger partial charge is 0.354 e. The van der Waals surface area contributed by atoms with Crippen molar-refractivity contribution in [2.24, 2.45) is 5.92 Å². The van der Waals surface area contributed by atoms with Gasteiger partial charge in [-0.1, -0.05) is 80.6 Å². The molecule has 44 heavy (non-hydrogen) atoms. The van der Waals surface area contributed by atoms with Gasteiger partial charge in [0.15, 0.2) is 0 Å². The molecular weight excluding hydrogens is 584 g/mol. The molecule has 7 nitrogen and oxygen atoms in total. The standard InChI is InChI=1S/C34H35F2N3O4S/c1-25(2)22-37-34(41)32(21-26-11-5-3-6-12-26)38(23-27-13-9-10-16-31(27)36)33(40)24-39(29-14-7-4-8-15-29)44(42,43)30-19-17-28(35)18-20-30/h3-20,25,32H,21-24H2,1-2H3,(H,37,41)/t32-/m1/s1. The van der Waals surface area contributed by atoms with Gasteiger partial charge in [-0.05, 0) is 53.9 Å². The Hall–Kier alpha value is -4.57. The normalized spacial score (nSPS) is 12.0. The molecule has 0 radical (unpaired) electrons. The van der Waals surface area contributed by atoms with Crippen molar-refractivity contribution in [3.8, 4) is 0 Å². The molecule has 10 heteroatoms. The SMILES string of the molecule is CC(C)CNC(=O)[C@@H](Cc1ccccc1)N(Cc1ccccc1F)C(=O)CN(c1ccccc1)S(=O)(=O)c1ccc(F)cc1. The summed E-state index contributed by atoms with van der Waals surface area (Å²) < 4.78 is 57.3. The number of halogens is 2. The number of anilines is 1. The maximum absolute atomic E-state index is 15.0. The number of hydrogen-bond donors (Lipinski definition) is 1. The van der Waals surface area contributed by atoms with Crippen molar-refractivity contribution in [2.75, 3.05) is 17.4 Å². The second-order valence-corrected chi connectivity index (χ2v) is 12.6. The smallest absolute Gasteiger partial charge is 0.264 e. The first-order chi connectivity index (χ1) is 21.1. The van der Waals surface area contributed by atoms with Gasteiger partial charge in [0.1, 0.15) is 24.2 Å². The number of carbonyl (C=O) groups is 2. The zero-order valence-electron chi connectivity index (χ0n) is 24.6. The average molecular weight is 620 g/mol. The van der Waals surface area contributed by atoms with Gasteiger partial charge in [0.05, 0.1) is 10.6 Å². The van der Waals surface area contributed by atoms with E-state index in [1.54, 1.807) is 24.3 Å². The molecule has 230 valence electrons. The lowest BCUT2D eigenvalue weighted by Gasteiger charge is -2.34. The number of sulfonamides is 1. The highest BCUT2D eigenvalue weighted by Crippen LogP contribution is 2.25. The van der Waals surface area contributed by atoms with Crippen LogP contribution in [0.4, 0.5) is 14.5 Å². The van der Waals surface area contributed by atoms with Crippen molar-refractivity contribution < 1.29 is 26.8 Å². The zero-order valence-corrected chi connectivity index (χ0v) is 25.4. The van der Waals surface area contributed by atoms with Gasteiger partial charge in [-0.2, -0.15) is 0 Å². The van der Waals surface area contributed by atoms with Crippen LogP contribution in [0.3, 0.4) is 0 Å². The fourth-order valence-electron chi connectivity index (χ4n) is 4.64. The molecule has 4 rings (SSSR count). The predicted octanol–water partition coefficient (Wildman–Crippen LogP) is 5.57. The second-order valence-electron chi connectivity index (χ2n) is 10.8. The lowest BCUT2D eigenvalue weighted by atomic mass is 10.0. The Bertz CT molecular complexity index is 1650. The molecule has 2 amide bonds. The third-order valence-corrected chi connectivity index (χ3v) is 8.77. The van der Waals surface area contributed by atoms with E-state index in [0.717, 1.165) is 34.1 Å². The molecule has 0 saturated heterocycles. The summed E-state index contributed by atoms with van der Waals surface area (Å²) in [5, 5.41) is 2.89. The Morgan fingerprint density at radius 1 is 0.795 bits per heavy atom. The van der Waals surface area contributed by atoms with E-state index in [9.17, 15) is 26.8 Å². The highest BCUT2D eigenvalue weighted by atomic mass is 32.2. The molecule has 0 aromatic heterocycles. The Morgan fingerprint density at radius 3 is 2.00 bits per heavy atom. The average Bonchev–Trinajstić information content (AvgIpc) is 3.02. The fraction of sp³-hybridized carbons (Fsp3) is 0.235. The summed E-state index contributed by atoms with van der Waals surface area (Å²) >= 11 is 0. The van der Waals surface area contributed by atoms with Gasteiger partial charge in [0, 0.05) is 25.1 Å². The van der Waals surface area contributed by atoms with E-state index >= 15 is 0 Å². The third kappa shape index (κ3) is 8.29.